The van der Waals surface area contributed by atoms with Crippen molar-refractivity contribution in [3.8, 4) is 5.75 Å². The molecule has 0 spiro atoms. The second kappa shape index (κ2) is 6.76. The lowest BCUT2D eigenvalue weighted by molar-refractivity contribution is -0.112. The molecule has 0 aromatic heterocycles. The van der Waals surface area contributed by atoms with Gasteiger partial charge < -0.3 is 9.64 Å². The van der Waals surface area contributed by atoms with Crippen molar-refractivity contribution in [3.05, 3.63) is 95.1 Å². The molecule has 1 heterocycles. The lowest BCUT2D eigenvalue weighted by atomic mass is 9.88. The summed E-state index contributed by atoms with van der Waals surface area (Å²) >= 11 is 0. The van der Waals surface area contributed by atoms with E-state index in [0.717, 1.165) is 39.3 Å². The Bertz CT molecular complexity index is 1050. The number of methoxy groups -OCH3 is 1. The molecule has 3 aromatic carbocycles. The summed E-state index contributed by atoms with van der Waals surface area (Å²) in [5, 5.41) is 0. The maximum Gasteiger partial charge on any atom is 0.259 e. The van der Waals surface area contributed by atoms with Gasteiger partial charge in [-0.2, -0.15) is 0 Å². The topological polar surface area (TPSA) is 29.5 Å². The van der Waals surface area contributed by atoms with E-state index in [4.69, 9.17) is 4.74 Å². The number of rotatable bonds is 3. The number of hydrogen-bond donors (Lipinski definition) is 0. The Hall–Kier alpha value is -3.33. The molecule has 0 saturated heterocycles. The molecule has 0 radical (unpaired) electrons. The molecule has 0 aliphatic carbocycles. The lowest BCUT2D eigenvalue weighted by Crippen LogP contribution is -2.21. The molecule has 0 fully saturated rings. The minimum atomic E-state index is 0.000333. The Morgan fingerprint density at radius 3 is 2.33 bits per heavy atom. The van der Waals surface area contributed by atoms with Crippen LogP contribution in [0.2, 0.25) is 0 Å². The van der Waals surface area contributed by atoms with Crippen molar-refractivity contribution in [2.45, 2.75) is 6.92 Å². The first-order valence-electron chi connectivity index (χ1n) is 8.94. The third-order valence-electron chi connectivity index (χ3n) is 5.08. The van der Waals surface area contributed by atoms with Gasteiger partial charge in [0, 0.05) is 18.2 Å². The molecule has 0 saturated carbocycles. The normalized spacial score (nSPS) is 14.9. The van der Waals surface area contributed by atoms with Gasteiger partial charge in [-0.15, -0.1) is 0 Å². The van der Waals surface area contributed by atoms with Gasteiger partial charge in [0.25, 0.3) is 5.91 Å². The van der Waals surface area contributed by atoms with Gasteiger partial charge in [-0.1, -0.05) is 54.6 Å². The van der Waals surface area contributed by atoms with Crippen LogP contribution in [0.25, 0.3) is 11.1 Å². The largest absolute Gasteiger partial charge is 0.497 e. The number of nitrogens with zero attached hydrogens (tertiary/aromatic N) is 1. The number of hydrogen-bond acceptors (Lipinski definition) is 2. The van der Waals surface area contributed by atoms with Gasteiger partial charge in [0.05, 0.1) is 18.4 Å². The quantitative estimate of drug-likeness (QED) is 0.623. The van der Waals surface area contributed by atoms with Crippen molar-refractivity contribution < 1.29 is 9.53 Å². The highest BCUT2D eigenvalue weighted by atomic mass is 16.5. The van der Waals surface area contributed by atoms with E-state index in [9.17, 15) is 4.79 Å². The minimum Gasteiger partial charge on any atom is -0.497 e. The van der Waals surface area contributed by atoms with Crippen LogP contribution < -0.4 is 9.64 Å². The third-order valence-corrected chi connectivity index (χ3v) is 5.08. The molecule has 0 bridgehead atoms. The zero-order chi connectivity index (χ0) is 19.0. The van der Waals surface area contributed by atoms with Crippen LogP contribution in [-0.4, -0.2) is 20.1 Å². The summed E-state index contributed by atoms with van der Waals surface area (Å²) in [5.41, 5.74) is 6.71. The maximum atomic E-state index is 13.3. The first-order valence-corrected chi connectivity index (χ1v) is 8.94. The number of fused-ring (bicyclic) bond motifs is 1. The Morgan fingerprint density at radius 2 is 1.63 bits per heavy atom. The molecule has 4 rings (SSSR count). The van der Waals surface area contributed by atoms with Crippen LogP contribution in [0, 0.1) is 6.92 Å². The molecule has 3 nitrogen and oxygen atoms in total. The standard InChI is InChI=1S/C24H21NO2/c1-16-9-7-8-12-19(16)22(17-10-5-4-6-11-17)23-20-15-18(27-3)13-14-21(20)25(2)24(23)26/h4-15H,1-3H3/b23-22-. The fourth-order valence-electron chi connectivity index (χ4n) is 3.66. The van der Waals surface area contributed by atoms with Crippen molar-refractivity contribution in [2.75, 3.05) is 19.1 Å². The number of ether oxygens (including phenoxy) is 1. The minimum absolute atomic E-state index is 0.000333. The average molecular weight is 355 g/mol. The van der Waals surface area contributed by atoms with E-state index in [1.54, 1.807) is 12.0 Å². The maximum absolute atomic E-state index is 13.3. The molecule has 27 heavy (non-hydrogen) atoms. The number of amides is 1. The van der Waals surface area contributed by atoms with Crippen LogP contribution in [0.1, 0.15) is 22.3 Å². The smallest absolute Gasteiger partial charge is 0.259 e. The Kier molecular flexibility index (Phi) is 4.28. The molecular formula is C24H21NO2. The summed E-state index contributed by atoms with van der Waals surface area (Å²) in [6.07, 6.45) is 0. The number of carbonyl (C=O) groups excluding carboxylic acids is 1. The third kappa shape index (κ3) is 2.81. The number of benzene rings is 3. The predicted octanol–water partition coefficient (Wildman–Crippen LogP) is 4.94. The van der Waals surface area contributed by atoms with Crippen LogP contribution >= 0.6 is 0 Å². The van der Waals surface area contributed by atoms with Crippen molar-refractivity contribution in [3.63, 3.8) is 0 Å². The summed E-state index contributed by atoms with van der Waals surface area (Å²) in [6.45, 7) is 2.08. The molecule has 0 N–H and O–H groups in total. The van der Waals surface area contributed by atoms with Gasteiger partial charge in [0.1, 0.15) is 5.75 Å². The number of aryl methyl sites for hydroxylation is 1. The number of likely N-dealkylation sites (N-methyl/N-ethyl adjacent to an activating group) is 1. The van der Waals surface area contributed by atoms with Crippen molar-refractivity contribution in [1.29, 1.82) is 0 Å². The summed E-state index contributed by atoms with van der Waals surface area (Å²) < 4.78 is 5.42. The molecule has 1 aliphatic heterocycles. The second-order valence-corrected chi connectivity index (χ2v) is 6.68. The molecule has 0 atom stereocenters. The fourth-order valence-corrected chi connectivity index (χ4v) is 3.66. The molecule has 134 valence electrons. The van der Waals surface area contributed by atoms with E-state index in [0.29, 0.717) is 5.57 Å². The van der Waals surface area contributed by atoms with Crippen LogP contribution in [0.15, 0.2) is 72.8 Å². The monoisotopic (exact) mass is 355 g/mol. The van der Waals surface area contributed by atoms with Crippen molar-refractivity contribution >= 4 is 22.7 Å². The highest BCUT2D eigenvalue weighted by molar-refractivity contribution is 6.38. The Balaban J connectivity index is 2.10. The van der Waals surface area contributed by atoms with Crippen LogP contribution in [-0.2, 0) is 4.79 Å². The van der Waals surface area contributed by atoms with Gasteiger partial charge in [0.2, 0.25) is 0 Å². The number of carbonyl (C=O) groups is 1. The lowest BCUT2D eigenvalue weighted by Gasteiger charge is -2.15. The van der Waals surface area contributed by atoms with E-state index in [-0.39, 0.29) is 5.91 Å². The first-order chi connectivity index (χ1) is 13.1. The van der Waals surface area contributed by atoms with Crippen LogP contribution in [0.5, 0.6) is 5.75 Å². The summed E-state index contributed by atoms with van der Waals surface area (Å²) in [4.78, 5) is 15.0. The van der Waals surface area contributed by atoms with Gasteiger partial charge >= 0.3 is 0 Å². The highest BCUT2D eigenvalue weighted by Gasteiger charge is 2.33. The average Bonchev–Trinajstić information content (AvgIpc) is 2.95. The van der Waals surface area contributed by atoms with Gasteiger partial charge in [-0.05, 0) is 41.8 Å². The summed E-state index contributed by atoms with van der Waals surface area (Å²) in [6, 6.07) is 24.1. The second-order valence-electron chi connectivity index (χ2n) is 6.68. The van der Waals surface area contributed by atoms with E-state index >= 15 is 0 Å². The van der Waals surface area contributed by atoms with Crippen LogP contribution in [0.3, 0.4) is 0 Å². The van der Waals surface area contributed by atoms with E-state index < -0.39 is 0 Å². The SMILES string of the molecule is COc1ccc2c(c1)/C(=C(\c1ccccc1)c1ccccc1C)C(=O)N2C. The Labute approximate surface area is 159 Å². The number of anilines is 1. The van der Waals surface area contributed by atoms with E-state index in [1.165, 1.54) is 0 Å². The van der Waals surface area contributed by atoms with Gasteiger partial charge in [0.15, 0.2) is 0 Å². The van der Waals surface area contributed by atoms with E-state index in [1.807, 2.05) is 55.6 Å². The van der Waals surface area contributed by atoms with E-state index in [2.05, 4.69) is 31.2 Å². The van der Waals surface area contributed by atoms with Crippen molar-refractivity contribution in [1.82, 2.24) is 0 Å². The zero-order valence-corrected chi connectivity index (χ0v) is 15.7. The van der Waals surface area contributed by atoms with Crippen LogP contribution in [0.4, 0.5) is 5.69 Å². The molecule has 1 aliphatic rings. The summed E-state index contributed by atoms with van der Waals surface area (Å²) in [5.74, 6) is 0.743. The molecule has 1 amide bonds. The van der Waals surface area contributed by atoms with Gasteiger partial charge in [-0.3, -0.25) is 4.79 Å². The zero-order valence-electron chi connectivity index (χ0n) is 15.7. The molecular weight excluding hydrogens is 334 g/mol. The Morgan fingerprint density at radius 1 is 0.926 bits per heavy atom. The highest BCUT2D eigenvalue weighted by Crippen LogP contribution is 2.44. The summed E-state index contributed by atoms with van der Waals surface area (Å²) in [7, 11) is 3.46. The van der Waals surface area contributed by atoms with Gasteiger partial charge in [-0.25, -0.2) is 0 Å². The molecule has 0 unspecified atom stereocenters. The molecule has 3 heteroatoms. The predicted molar refractivity (Wildman–Crippen MR) is 110 cm³/mol. The molecule has 3 aromatic rings. The van der Waals surface area contributed by atoms with Crippen molar-refractivity contribution in [2.24, 2.45) is 0 Å². The fraction of sp³-hybridized carbons (Fsp3) is 0.125. The first kappa shape index (κ1) is 17.1.